The molecular formula is C34H44Br2N6O5. The van der Waals surface area contributed by atoms with Crippen molar-refractivity contribution < 1.29 is 24.2 Å². The minimum Gasteiger partial charge on any atom is -0.506 e. The average molecular weight is 777 g/mol. The van der Waals surface area contributed by atoms with E-state index in [1.54, 1.807) is 17.0 Å². The number of rotatable bonds is 6. The highest BCUT2D eigenvalue weighted by Gasteiger charge is 2.36. The molecule has 4 amide bonds. The van der Waals surface area contributed by atoms with Crippen LogP contribution in [0.25, 0.3) is 0 Å². The number of fused-ring (bicyclic) bond motifs is 1. The summed E-state index contributed by atoms with van der Waals surface area (Å²) in [6.45, 7) is 6.97. The van der Waals surface area contributed by atoms with Crippen molar-refractivity contribution in [3.8, 4) is 5.75 Å². The van der Waals surface area contributed by atoms with Gasteiger partial charge in [0.05, 0.1) is 8.95 Å². The van der Waals surface area contributed by atoms with Crippen LogP contribution in [0.15, 0.2) is 45.3 Å². The van der Waals surface area contributed by atoms with Gasteiger partial charge in [-0.05, 0) is 100 Å². The van der Waals surface area contributed by atoms with Crippen LogP contribution in [-0.4, -0.2) is 132 Å². The first-order valence-electron chi connectivity index (χ1n) is 16.7. The van der Waals surface area contributed by atoms with Crippen LogP contribution in [0.5, 0.6) is 5.75 Å². The second-order valence-corrected chi connectivity index (χ2v) is 14.8. The molecule has 4 heterocycles. The van der Waals surface area contributed by atoms with Gasteiger partial charge in [-0.3, -0.25) is 9.69 Å². The first-order valence-corrected chi connectivity index (χ1v) is 18.2. The van der Waals surface area contributed by atoms with E-state index in [0.717, 1.165) is 62.3 Å². The van der Waals surface area contributed by atoms with Gasteiger partial charge in [0.2, 0.25) is 0 Å². The molecule has 4 aliphatic heterocycles. The van der Waals surface area contributed by atoms with Crippen LogP contribution in [-0.2, 0) is 22.4 Å². The molecule has 3 saturated heterocycles. The van der Waals surface area contributed by atoms with Crippen LogP contribution in [0.1, 0.15) is 36.8 Å². The van der Waals surface area contributed by atoms with E-state index < -0.39 is 12.2 Å². The number of carbonyl (C=O) groups is 3. The SMILES string of the molecule is CN1CCN(C2CCN(C(=O)C(Cc3cc(Br)c(O)c(Br)c3)OC(=O)N3CCC(N4CCc5ccccc5NC4=O)CC3)CC2)CC1. The number of para-hydroxylation sites is 1. The molecule has 2 aromatic carbocycles. The van der Waals surface area contributed by atoms with Crippen LogP contribution >= 0.6 is 31.9 Å². The maximum absolute atomic E-state index is 14.0. The summed E-state index contributed by atoms with van der Waals surface area (Å²) in [6, 6.07) is 11.8. The van der Waals surface area contributed by atoms with E-state index >= 15 is 0 Å². The predicted octanol–water partition coefficient (Wildman–Crippen LogP) is 4.76. The van der Waals surface area contributed by atoms with Crippen molar-refractivity contribution in [2.24, 2.45) is 0 Å². The van der Waals surface area contributed by atoms with Gasteiger partial charge in [0, 0.05) is 83.1 Å². The van der Waals surface area contributed by atoms with Gasteiger partial charge in [-0.1, -0.05) is 18.2 Å². The maximum atomic E-state index is 14.0. The third-order valence-corrected chi connectivity index (χ3v) is 11.4. The largest absolute Gasteiger partial charge is 0.506 e. The first-order chi connectivity index (χ1) is 22.7. The number of hydrogen-bond acceptors (Lipinski definition) is 7. The van der Waals surface area contributed by atoms with Crippen molar-refractivity contribution in [3.63, 3.8) is 0 Å². The molecule has 2 N–H and O–H groups in total. The molecule has 1 unspecified atom stereocenters. The number of aromatic hydroxyl groups is 1. The molecule has 47 heavy (non-hydrogen) atoms. The number of benzene rings is 2. The molecule has 1 atom stereocenters. The zero-order valence-electron chi connectivity index (χ0n) is 26.9. The number of nitrogens with one attached hydrogen (secondary N) is 1. The first kappa shape index (κ1) is 34.0. The average Bonchev–Trinajstić information content (AvgIpc) is 3.25. The lowest BCUT2D eigenvalue weighted by Crippen LogP contribution is -2.54. The third kappa shape index (κ3) is 8.06. The van der Waals surface area contributed by atoms with E-state index in [1.165, 1.54) is 0 Å². The molecule has 11 nitrogen and oxygen atoms in total. The number of phenols is 1. The molecule has 0 aromatic heterocycles. The Labute approximate surface area is 293 Å². The summed E-state index contributed by atoms with van der Waals surface area (Å²) in [7, 11) is 2.15. The fourth-order valence-corrected chi connectivity index (χ4v) is 8.55. The molecule has 13 heteroatoms. The fourth-order valence-electron chi connectivity index (χ4n) is 7.27. The predicted molar refractivity (Wildman–Crippen MR) is 187 cm³/mol. The Kier molecular flexibility index (Phi) is 10.9. The van der Waals surface area contributed by atoms with Gasteiger partial charge in [0.1, 0.15) is 5.75 Å². The normalized spacial score (nSPS) is 21.2. The van der Waals surface area contributed by atoms with E-state index in [2.05, 4.69) is 54.0 Å². The number of piperazine rings is 1. The van der Waals surface area contributed by atoms with Gasteiger partial charge >= 0.3 is 12.1 Å². The van der Waals surface area contributed by atoms with Crippen LogP contribution in [0, 0.1) is 0 Å². The zero-order valence-corrected chi connectivity index (χ0v) is 30.0. The maximum Gasteiger partial charge on any atom is 0.410 e. The van der Waals surface area contributed by atoms with Crippen molar-refractivity contribution in [3.05, 3.63) is 56.5 Å². The highest BCUT2D eigenvalue weighted by Crippen LogP contribution is 2.34. The number of carbonyl (C=O) groups excluding carboxylic acids is 3. The van der Waals surface area contributed by atoms with Gasteiger partial charge in [0.25, 0.3) is 5.91 Å². The highest BCUT2D eigenvalue weighted by molar-refractivity contribution is 9.11. The summed E-state index contributed by atoms with van der Waals surface area (Å²) in [4.78, 5) is 50.9. The summed E-state index contributed by atoms with van der Waals surface area (Å²) >= 11 is 6.77. The van der Waals surface area contributed by atoms with Crippen molar-refractivity contribution >= 4 is 55.6 Å². The summed E-state index contributed by atoms with van der Waals surface area (Å²) in [5, 5.41) is 13.3. The smallest absolute Gasteiger partial charge is 0.410 e. The number of amides is 4. The summed E-state index contributed by atoms with van der Waals surface area (Å²) in [5.74, 6) is -0.115. The standard InChI is InChI=1S/C34H44Br2N6O5/c1-38-16-18-39(19-17-38)25-7-11-40(12-8-25)32(44)30(22-23-20-27(35)31(43)28(36)21-23)47-34(46)41-13-9-26(10-14-41)42-15-6-24-4-2-3-5-29(24)37-33(42)45/h2-5,20-21,25-26,30,43H,6-19,22H2,1H3,(H,37,45). The molecule has 0 radical (unpaired) electrons. The lowest BCUT2D eigenvalue weighted by molar-refractivity contribution is -0.142. The summed E-state index contributed by atoms with van der Waals surface area (Å²) in [6.07, 6.45) is 2.51. The number of phenolic OH excluding ortho intramolecular Hbond substituents is 1. The number of nitrogens with zero attached hydrogens (tertiary/aromatic N) is 5. The monoisotopic (exact) mass is 774 g/mol. The molecule has 2 aromatic rings. The number of likely N-dealkylation sites (tertiary alicyclic amines) is 2. The zero-order chi connectivity index (χ0) is 33.1. The third-order valence-electron chi connectivity index (χ3n) is 10.2. The lowest BCUT2D eigenvalue weighted by atomic mass is 10.0. The van der Waals surface area contributed by atoms with Gasteiger partial charge in [0.15, 0.2) is 6.10 Å². The molecule has 0 bridgehead atoms. The molecule has 0 spiro atoms. The molecule has 4 aliphatic rings. The van der Waals surface area contributed by atoms with E-state index in [0.29, 0.717) is 60.6 Å². The Morgan fingerprint density at radius 1 is 0.894 bits per heavy atom. The Hall–Kier alpha value is -2.87. The highest BCUT2D eigenvalue weighted by atomic mass is 79.9. The minimum absolute atomic E-state index is 0.0130. The Morgan fingerprint density at radius 3 is 2.19 bits per heavy atom. The van der Waals surface area contributed by atoms with Crippen molar-refractivity contribution in [1.29, 1.82) is 0 Å². The van der Waals surface area contributed by atoms with Crippen LogP contribution < -0.4 is 5.32 Å². The Balaban J connectivity index is 1.08. The topological polar surface area (TPSA) is 109 Å². The van der Waals surface area contributed by atoms with Crippen LogP contribution in [0.4, 0.5) is 15.3 Å². The second-order valence-electron chi connectivity index (χ2n) is 13.1. The van der Waals surface area contributed by atoms with E-state index in [1.807, 2.05) is 34.1 Å². The number of halogens is 2. The van der Waals surface area contributed by atoms with Gasteiger partial charge in [-0.2, -0.15) is 0 Å². The number of likely N-dealkylation sites (N-methyl/N-ethyl adjacent to an activating group) is 1. The number of hydrogen-bond donors (Lipinski definition) is 2. The quantitative estimate of drug-likeness (QED) is 0.436. The van der Waals surface area contributed by atoms with Crippen LogP contribution in [0.3, 0.4) is 0 Å². The molecule has 0 saturated carbocycles. The second kappa shape index (κ2) is 15.1. The van der Waals surface area contributed by atoms with Crippen LogP contribution in [0.2, 0.25) is 0 Å². The van der Waals surface area contributed by atoms with E-state index in [9.17, 15) is 19.5 Å². The Bertz CT molecular complexity index is 1430. The summed E-state index contributed by atoms with van der Waals surface area (Å²) in [5.41, 5.74) is 2.73. The lowest BCUT2D eigenvalue weighted by Gasteiger charge is -2.42. The molecule has 0 aliphatic carbocycles. The molecule has 3 fully saturated rings. The van der Waals surface area contributed by atoms with Gasteiger partial charge in [-0.15, -0.1) is 0 Å². The van der Waals surface area contributed by atoms with Crippen molar-refractivity contribution in [1.82, 2.24) is 24.5 Å². The number of urea groups is 1. The Morgan fingerprint density at radius 2 is 1.51 bits per heavy atom. The summed E-state index contributed by atoms with van der Waals surface area (Å²) < 4.78 is 7.02. The van der Waals surface area contributed by atoms with Crippen molar-refractivity contribution in [2.75, 3.05) is 71.3 Å². The minimum atomic E-state index is -1.00. The number of ether oxygens (including phenoxy) is 1. The van der Waals surface area contributed by atoms with E-state index in [4.69, 9.17) is 4.74 Å². The molecular weight excluding hydrogens is 732 g/mol. The number of piperidine rings is 2. The van der Waals surface area contributed by atoms with Gasteiger partial charge in [-0.25, -0.2) is 9.59 Å². The fraction of sp³-hybridized carbons (Fsp3) is 0.559. The van der Waals surface area contributed by atoms with E-state index in [-0.39, 0.29) is 30.2 Å². The van der Waals surface area contributed by atoms with Crippen molar-refractivity contribution in [2.45, 2.75) is 56.7 Å². The molecule has 6 rings (SSSR count). The molecule has 254 valence electrons. The van der Waals surface area contributed by atoms with Gasteiger partial charge < -0.3 is 34.8 Å². The number of anilines is 1.